The highest BCUT2D eigenvalue weighted by Gasteiger charge is 2.32. The van der Waals surface area contributed by atoms with E-state index in [-0.39, 0.29) is 11.9 Å². The molecule has 1 aliphatic heterocycles. The molecule has 0 fully saturated rings. The molecule has 0 spiro atoms. The highest BCUT2D eigenvalue weighted by Crippen LogP contribution is 2.41. The average Bonchev–Trinajstić information content (AvgIpc) is 3.63. The van der Waals surface area contributed by atoms with E-state index in [2.05, 4.69) is 6.07 Å². The van der Waals surface area contributed by atoms with Crippen LogP contribution in [0.25, 0.3) is 34.0 Å². The monoisotopic (exact) mass is 739 g/mol. The Hall–Kier alpha value is -6.29. The Morgan fingerprint density at radius 3 is 2.22 bits per heavy atom. The van der Waals surface area contributed by atoms with Gasteiger partial charge in [0.2, 0.25) is 5.91 Å². The summed E-state index contributed by atoms with van der Waals surface area (Å²) in [5, 5.41) is 5.61. The smallest absolute Gasteiger partial charge is 0.345 e. The van der Waals surface area contributed by atoms with Crippen LogP contribution in [-0.2, 0) is 17.6 Å². The predicted octanol–water partition coefficient (Wildman–Crippen LogP) is 8.62. The zero-order valence-corrected chi connectivity index (χ0v) is 31.6. The van der Waals surface area contributed by atoms with Gasteiger partial charge in [0.05, 0.1) is 43.7 Å². The third-order valence-electron chi connectivity index (χ3n) is 9.55. The summed E-state index contributed by atoms with van der Waals surface area (Å²) in [6.45, 7) is 10.3. The van der Waals surface area contributed by atoms with Crippen molar-refractivity contribution in [1.29, 1.82) is 0 Å². The van der Waals surface area contributed by atoms with Crippen molar-refractivity contribution in [1.82, 2.24) is 14.7 Å². The Bertz CT molecular complexity index is 2380. The number of carbonyl (C=O) groups is 1. The molecule has 0 saturated carbocycles. The maximum atomic E-state index is 14.5. The van der Waals surface area contributed by atoms with Crippen molar-refractivity contribution in [3.8, 4) is 39.9 Å². The summed E-state index contributed by atoms with van der Waals surface area (Å²) in [6, 6.07) is 28.5. The molecule has 2 aromatic heterocycles. The van der Waals surface area contributed by atoms with Gasteiger partial charge in [0.1, 0.15) is 11.3 Å². The number of benzene rings is 4. The number of nitrogens with zero attached hydrogens (tertiary/aromatic N) is 3. The normalized spacial score (nSPS) is 13.9. The molecule has 4 aromatic carbocycles. The van der Waals surface area contributed by atoms with Crippen molar-refractivity contribution in [2.45, 2.75) is 46.6 Å². The van der Waals surface area contributed by atoms with Crippen LogP contribution >= 0.6 is 0 Å². The first-order chi connectivity index (χ1) is 26.9. The molecule has 0 aliphatic carbocycles. The van der Waals surface area contributed by atoms with Gasteiger partial charge in [0.25, 0.3) is 0 Å². The number of rotatable bonds is 14. The van der Waals surface area contributed by atoms with Crippen molar-refractivity contribution >= 4 is 23.0 Å². The molecular weight excluding hydrogens is 695 g/mol. The van der Waals surface area contributed by atoms with Gasteiger partial charge in [0.15, 0.2) is 23.0 Å². The van der Waals surface area contributed by atoms with Gasteiger partial charge in [-0.25, -0.2) is 9.48 Å². The average molecular weight is 740 g/mol. The lowest BCUT2D eigenvalue weighted by Gasteiger charge is -2.37. The van der Waals surface area contributed by atoms with Gasteiger partial charge in [-0.05, 0) is 112 Å². The van der Waals surface area contributed by atoms with E-state index in [1.807, 2.05) is 112 Å². The molecule has 0 saturated heterocycles. The maximum Gasteiger partial charge on any atom is 0.345 e. The highest BCUT2D eigenvalue weighted by atomic mass is 16.5. The van der Waals surface area contributed by atoms with Crippen LogP contribution in [0.1, 0.15) is 56.0 Å². The lowest BCUT2D eigenvalue weighted by Crippen LogP contribution is -2.40. The zero-order valence-electron chi connectivity index (χ0n) is 31.6. The molecule has 55 heavy (non-hydrogen) atoms. The molecule has 6 aromatic rings. The molecule has 0 N–H and O–H groups in total. The van der Waals surface area contributed by atoms with Crippen molar-refractivity contribution < 1.29 is 28.2 Å². The molecule has 3 heterocycles. The molecule has 282 valence electrons. The van der Waals surface area contributed by atoms with Crippen molar-refractivity contribution in [2.75, 3.05) is 33.0 Å². The molecule has 1 atom stereocenters. The standard InChI is InChI=1S/C45H45N3O7/c1-5-51-39-20-18-30(25-40(39)52-6-2)24-37-35-28-42(54-8-4)41(53-7-3)27-31(35)22-23-47(37)43(49)21-19-33-29-48(34-15-10-9-11-16-34)46-44(33)36-26-32-14-12-13-17-38(32)55-45(36)50/h9-21,25-29,37H,5-8,22-24H2,1-4H3/b21-19+. The zero-order chi connectivity index (χ0) is 38.3. The van der Waals surface area contributed by atoms with Crippen LogP contribution < -0.4 is 24.6 Å². The first kappa shape index (κ1) is 37.0. The number of hydrogen-bond donors (Lipinski definition) is 0. The Morgan fingerprint density at radius 1 is 0.800 bits per heavy atom. The molecule has 0 bridgehead atoms. The number of amides is 1. The van der Waals surface area contributed by atoms with E-state index < -0.39 is 5.63 Å². The van der Waals surface area contributed by atoms with Crippen LogP contribution in [0.4, 0.5) is 0 Å². The van der Waals surface area contributed by atoms with Gasteiger partial charge in [-0.15, -0.1) is 0 Å². The number of aromatic nitrogens is 2. The second kappa shape index (κ2) is 16.8. The molecule has 1 unspecified atom stereocenters. The summed E-state index contributed by atoms with van der Waals surface area (Å²) in [6.07, 6.45) is 6.29. The Balaban J connectivity index is 1.29. The van der Waals surface area contributed by atoms with Crippen LogP contribution in [0.15, 0.2) is 112 Å². The van der Waals surface area contributed by atoms with E-state index in [1.54, 1.807) is 29.0 Å². The minimum absolute atomic E-state index is 0.178. The Morgan fingerprint density at radius 2 is 1.47 bits per heavy atom. The number of fused-ring (bicyclic) bond motifs is 2. The van der Waals surface area contributed by atoms with Gasteiger partial charge in [-0.3, -0.25) is 4.79 Å². The fourth-order valence-corrected chi connectivity index (χ4v) is 7.09. The quantitative estimate of drug-likeness (QED) is 0.0808. The predicted molar refractivity (Wildman–Crippen MR) is 213 cm³/mol. The number of hydrogen-bond acceptors (Lipinski definition) is 8. The summed E-state index contributed by atoms with van der Waals surface area (Å²) in [4.78, 5) is 29.7. The molecule has 7 rings (SSSR count). The van der Waals surface area contributed by atoms with Crippen molar-refractivity contribution in [3.05, 3.63) is 136 Å². The van der Waals surface area contributed by atoms with E-state index in [1.165, 1.54) is 0 Å². The first-order valence-corrected chi connectivity index (χ1v) is 18.9. The third-order valence-corrected chi connectivity index (χ3v) is 9.55. The van der Waals surface area contributed by atoms with Crippen LogP contribution in [0, 0.1) is 0 Å². The van der Waals surface area contributed by atoms with E-state index in [0.29, 0.717) is 91.2 Å². The summed E-state index contributed by atoms with van der Waals surface area (Å²) >= 11 is 0. The van der Waals surface area contributed by atoms with Gasteiger partial charge in [-0.2, -0.15) is 5.10 Å². The molecule has 0 radical (unpaired) electrons. The summed E-state index contributed by atoms with van der Waals surface area (Å²) in [5.74, 6) is 2.51. The molecular formula is C45H45N3O7. The van der Waals surface area contributed by atoms with E-state index in [9.17, 15) is 9.59 Å². The maximum absolute atomic E-state index is 14.5. The van der Waals surface area contributed by atoms with Crippen LogP contribution in [0.5, 0.6) is 23.0 Å². The number of ether oxygens (including phenoxy) is 4. The van der Waals surface area contributed by atoms with E-state index in [0.717, 1.165) is 27.8 Å². The largest absolute Gasteiger partial charge is 0.490 e. The lowest BCUT2D eigenvalue weighted by atomic mass is 9.88. The number of carbonyl (C=O) groups excluding carboxylic acids is 1. The first-order valence-electron chi connectivity index (χ1n) is 18.9. The van der Waals surface area contributed by atoms with Gasteiger partial charge in [-0.1, -0.05) is 42.5 Å². The summed E-state index contributed by atoms with van der Waals surface area (Å²) < 4.78 is 31.3. The minimum Gasteiger partial charge on any atom is -0.490 e. The SMILES string of the molecule is CCOc1ccc(CC2c3cc(OCC)c(OCC)cc3CCN2C(=O)/C=C/c2cn(-c3ccccc3)nc2-c2cc3ccccc3oc2=O)cc1OCC. The van der Waals surface area contributed by atoms with Gasteiger partial charge >= 0.3 is 5.63 Å². The molecule has 10 nitrogen and oxygen atoms in total. The summed E-state index contributed by atoms with van der Waals surface area (Å²) in [7, 11) is 0. The Labute approximate surface area is 320 Å². The fourth-order valence-electron chi connectivity index (χ4n) is 7.09. The van der Waals surface area contributed by atoms with Crippen molar-refractivity contribution in [2.24, 2.45) is 0 Å². The fraction of sp³-hybridized carbons (Fsp3) is 0.267. The topological polar surface area (TPSA) is 105 Å². The Kier molecular flexibility index (Phi) is 11.3. The van der Waals surface area contributed by atoms with E-state index in [4.69, 9.17) is 28.5 Å². The van der Waals surface area contributed by atoms with Crippen molar-refractivity contribution in [3.63, 3.8) is 0 Å². The minimum atomic E-state index is -0.510. The molecule has 1 amide bonds. The van der Waals surface area contributed by atoms with Crippen LogP contribution in [0.2, 0.25) is 0 Å². The lowest BCUT2D eigenvalue weighted by molar-refractivity contribution is -0.128. The van der Waals surface area contributed by atoms with E-state index >= 15 is 0 Å². The molecule has 1 aliphatic rings. The van der Waals surface area contributed by atoms with Crippen LogP contribution in [0.3, 0.4) is 0 Å². The molecule has 10 heteroatoms. The van der Waals surface area contributed by atoms with Gasteiger partial charge in [0, 0.05) is 29.8 Å². The highest BCUT2D eigenvalue weighted by molar-refractivity contribution is 5.94. The number of para-hydroxylation sites is 2. The summed E-state index contributed by atoms with van der Waals surface area (Å²) in [5.41, 5.74) is 5.21. The van der Waals surface area contributed by atoms with Crippen LogP contribution in [-0.4, -0.2) is 53.6 Å². The second-order valence-electron chi connectivity index (χ2n) is 13.0. The second-order valence-corrected chi connectivity index (χ2v) is 13.0. The van der Waals surface area contributed by atoms with Gasteiger partial charge < -0.3 is 28.3 Å². The third kappa shape index (κ3) is 7.99.